The van der Waals surface area contributed by atoms with E-state index in [9.17, 15) is 4.39 Å². The van der Waals surface area contributed by atoms with Crippen LogP contribution in [0.4, 0.5) is 4.39 Å². The Labute approximate surface area is 91.8 Å². The average Bonchev–Trinajstić information content (AvgIpc) is 2.03. The largest absolute Gasteiger partial charge is 0.474 e. The summed E-state index contributed by atoms with van der Waals surface area (Å²) < 4.78 is 18.5. The van der Waals surface area contributed by atoms with Gasteiger partial charge in [0.05, 0.1) is 4.47 Å². The molecule has 0 aliphatic carbocycles. The number of hydrogen-bond acceptors (Lipinski definition) is 2. The van der Waals surface area contributed by atoms with Gasteiger partial charge < -0.3 is 4.74 Å². The molecule has 0 fully saturated rings. The van der Waals surface area contributed by atoms with Crippen LogP contribution < -0.4 is 4.74 Å². The van der Waals surface area contributed by atoms with E-state index < -0.39 is 6.67 Å². The molecule has 0 bridgehead atoms. The molecule has 0 spiro atoms. The molecular formula is C7H6BrFINO. The lowest BCUT2D eigenvalue weighted by Crippen LogP contribution is -2.01. The summed E-state index contributed by atoms with van der Waals surface area (Å²) in [5, 5.41) is 0. The zero-order valence-corrected chi connectivity index (χ0v) is 9.80. The molecule has 1 heterocycles. The van der Waals surface area contributed by atoms with Crippen molar-refractivity contribution in [2.75, 3.05) is 13.3 Å². The number of hydrogen-bond donors (Lipinski definition) is 0. The molecule has 0 saturated heterocycles. The smallest absolute Gasteiger partial charge is 0.228 e. The van der Waals surface area contributed by atoms with Gasteiger partial charge in [0, 0.05) is 9.77 Å². The number of pyridine rings is 1. The third-order valence-electron chi connectivity index (χ3n) is 1.09. The van der Waals surface area contributed by atoms with E-state index in [4.69, 9.17) is 4.74 Å². The normalized spacial score (nSPS) is 9.92. The lowest BCUT2D eigenvalue weighted by Gasteiger charge is -2.03. The molecule has 1 aromatic heterocycles. The van der Waals surface area contributed by atoms with Gasteiger partial charge in [-0.1, -0.05) is 0 Å². The summed E-state index contributed by atoms with van der Waals surface area (Å²) in [7, 11) is 0. The first kappa shape index (κ1) is 10.2. The van der Waals surface area contributed by atoms with E-state index in [0.29, 0.717) is 5.88 Å². The van der Waals surface area contributed by atoms with Gasteiger partial charge in [0.25, 0.3) is 0 Å². The summed E-state index contributed by atoms with van der Waals surface area (Å²) in [4.78, 5) is 3.97. The van der Waals surface area contributed by atoms with Crippen molar-refractivity contribution >= 4 is 38.5 Å². The molecule has 1 aromatic rings. The Bertz CT molecular complexity index is 272. The van der Waals surface area contributed by atoms with Crippen LogP contribution in [0.2, 0.25) is 0 Å². The molecule has 0 unspecified atom stereocenters. The van der Waals surface area contributed by atoms with Crippen LogP contribution >= 0.6 is 38.5 Å². The number of nitrogens with zero attached hydrogens (tertiary/aromatic N) is 1. The summed E-state index contributed by atoms with van der Waals surface area (Å²) in [6.07, 6.45) is 1.67. The van der Waals surface area contributed by atoms with Gasteiger partial charge in [-0.05, 0) is 44.6 Å². The minimum atomic E-state index is -0.500. The molecule has 0 atom stereocenters. The second-order valence-corrected chi connectivity index (χ2v) is 4.08. The minimum absolute atomic E-state index is 0.0478. The van der Waals surface area contributed by atoms with Gasteiger partial charge in [0.2, 0.25) is 5.88 Å². The van der Waals surface area contributed by atoms with Crippen LogP contribution in [0.1, 0.15) is 0 Å². The Kier molecular flexibility index (Phi) is 4.20. The predicted octanol–water partition coefficient (Wildman–Crippen LogP) is 2.80. The van der Waals surface area contributed by atoms with Crippen LogP contribution in [-0.4, -0.2) is 18.3 Å². The molecule has 66 valence electrons. The molecule has 0 amide bonds. The standard InChI is InChI=1S/C7H6BrFINO/c8-6-3-5(10)4-11-7(6)12-2-1-9/h3-4H,1-2H2. The van der Waals surface area contributed by atoms with Crippen LogP contribution in [0.25, 0.3) is 0 Å². The van der Waals surface area contributed by atoms with Crippen molar-refractivity contribution in [2.45, 2.75) is 0 Å². The maximum absolute atomic E-state index is 11.7. The molecule has 12 heavy (non-hydrogen) atoms. The van der Waals surface area contributed by atoms with E-state index in [1.165, 1.54) is 0 Å². The van der Waals surface area contributed by atoms with Gasteiger partial charge in [0.1, 0.15) is 13.3 Å². The van der Waals surface area contributed by atoms with E-state index in [2.05, 4.69) is 43.5 Å². The van der Waals surface area contributed by atoms with Gasteiger partial charge in [-0.2, -0.15) is 0 Å². The summed E-state index contributed by atoms with van der Waals surface area (Å²) in [5.41, 5.74) is 0. The second kappa shape index (κ2) is 4.96. The summed E-state index contributed by atoms with van der Waals surface area (Å²) in [6, 6.07) is 1.86. The highest BCUT2D eigenvalue weighted by atomic mass is 127. The Hall–Kier alpha value is 0.0900. The highest BCUT2D eigenvalue weighted by Crippen LogP contribution is 2.23. The predicted molar refractivity (Wildman–Crippen MR) is 56.1 cm³/mol. The lowest BCUT2D eigenvalue weighted by molar-refractivity contribution is 0.263. The highest BCUT2D eigenvalue weighted by molar-refractivity contribution is 14.1. The molecule has 1 rings (SSSR count). The van der Waals surface area contributed by atoms with Crippen LogP contribution in [0, 0.1) is 3.57 Å². The second-order valence-electron chi connectivity index (χ2n) is 1.98. The Morgan fingerprint density at radius 3 is 3.00 bits per heavy atom. The number of aromatic nitrogens is 1. The zero-order chi connectivity index (χ0) is 8.97. The molecule has 0 aliphatic heterocycles. The quantitative estimate of drug-likeness (QED) is 0.786. The van der Waals surface area contributed by atoms with E-state index in [-0.39, 0.29) is 6.61 Å². The topological polar surface area (TPSA) is 22.1 Å². The van der Waals surface area contributed by atoms with Gasteiger partial charge >= 0.3 is 0 Å². The Morgan fingerprint density at radius 1 is 1.67 bits per heavy atom. The fraction of sp³-hybridized carbons (Fsp3) is 0.286. The van der Waals surface area contributed by atoms with Crippen molar-refractivity contribution in [2.24, 2.45) is 0 Å². The van der Waals surface area contributed by atoms with Gasteiger partial charge in [0.15, 0.2) is 0 Å². The fourth-order valence-corrected chi connectivity index (χ4v) is 1.99. The van der Waals surface area contributed by atoms with E-state index in [1.807, 2.05) is 6.07 Å². The van der Waals surface area contributed by atoms with Crippen LogP contribution in [-0.2, 0) is 0 Å². The first-order valence-electron chi connectivity index (χ1n) is 3.24. The van der Waals surface area contributed by atoms with E-state index in [0.717, 1.165) is 8.04 Å². The molecule has 2 nitrogen and oxygen atoms in total. The third-order valence-corrected chi connectivity index (χ3v) is 2.25. The fourth-order valence-electron chi connectivity index (χ4n) is 0.643. The van der Waals surface area contributed by atoms with Crippen molar-refractivity contribution < 1.29 is 9.13 Å². The number of ether oxygens (including phenoxy) is 1. The monoisotopic (exact) mass is 345 g/mol. The first-order chi connectivity index (χ1) is 5.74. The number of rotatable bonds is 3. The van der Waals surface area contributed by atoms with E-state index >= 15 is 0 Å². The Balaban J connectivity index is 2.72. The van der Waals surface area contributed by atoms with Crippen molar-refractivity contribution in [3.63, 3.8) is 0 Å². The molecule has 0 aliphatic rings. The summed E-state index contributed by atoms with van der Waals surface area (Å²) in [5.74, 6) is 0.438. The Morgan fingerprint density at radius 2 is 2.42 bits per heavy atom. The number of halogens is 3. The maximum atomic E-state index is 11.7. The van der Waals surface area contributed by atoms with Crippen LogP contribution in [0.3, 0.4) is 0 Å². The molecular weight excluding hydrogens is 340 g/mol. The summed E-state index contributed by atoms with van der Waals surface area (Å²) in [6.45, 7) is -0.452. The first-order valence-corrected chi connectivity index (χ1v) is 5.11. The molecule has 5 heteroatoms. The number of alkyl halides is 1. The van der Waals surface area contributed by atoms with Gasteiger partial charge in [-0.25, -0.2) is 9.37 Å². The van der Waals surface area contributed by atoms with Crippen molar-refractivity contribution in [1.82, 2.24) is 4.98 Å². The van der Waals surface area contributed by atoms with Crippen LogP contribution in [0.5, 0.6) is 5.88 Å². The zero-order valence-electron chi connectivity index (χ0n) is 6.06. The summed E-state index contributed by atoms with van der Waals surface area (Å²) >= 11 is 5.40. The van der Waals surface area contributed by atoms with Crippen molar-refractivity contribution in [1.29, 1.82) is 0 Å². The molecule has 0 radical (unpaired) electrons. The average molecular weight is 346 g/mol. The third kappa shape index (κ3) is 2.85. The SMILES string of the molecule is FCCOc1ncc(I)cc1Br. The van der Waals surface area contributed by atoms with E-state index in [1.54, 1.807) is 6.20 Å². The van der Waals surface area contributed by atoms with Gasteiger partial charge in [-0.15, -0.1) is 0 Å². The van der Waals surface area contributed by atoms with Crippen molar-refractivity contribution in [3.05, 3.63) is 20.3 Å². The molecule has 0 aromatic carbocycles. The minimum Gasteiger partial charge on any atom is -0.474 e. The highest BCUT2D eigenvalue weighted by Gasteiger charge is 2.02. The molecule has 0 saturated carbocycles. The van der Waals surface area contributed by atoms with Gasteiger partial charge in [-0.3, -0.25) is 0 Å². The van der Waals surface area contributed by atoms with Crippen LogP contribution in [0.15, 0.2) is 16.7 Å². The molecule has 0 N–H and O–H groups in total. The van der Waals surface area contributed by atoms with Crippen molar-refractivity contribution in [3.8, 4) is 5.88 Å². The lowest BCUT2D eigenvalue weighted by atomic mass is 10.5. The maximum Gasteiger partial charge on any atom is 0.228 e.